The molecule has 5 heteroatoms. The lowest BCUT2D eigenvalue weighted by Crippen LogP contribution is -2.27. The normalized spacial score (nSPS) is 9.65. The number of anilines is 2. The van der Waals surface area contributed by atoms with E-state index in [2.05, 4.69) is 16.4 Å². The van der Waals surface area contributed by atoms with Crippen LogP contribution in [0, 0.1) is 11.3 Å². The second-order valence-electron chi connectivity index (χ2n) is 4.15. The number of benzene rings is 1. The van der Waals surface area contributed by atoms with Crippen LogP contribution in [0.2, 0.25) is 0 Å². The Morgan fingerprint density at radius 2 is 2.00 bits per heavy atom. The van der Waals surface area contributed by atoms with E-state index in [1.807, 2.05) is 0 Å². The molecule has 5 nitrogen and oxygen atoms in total. The summed E-state index contributed by atoms with van der Waals surface area (Å²) in [6.45, 7) is 0. The smallest absolute Gasteiger partial charge is 0.276 e. The van der Waals surface area contributed by atoms with Gasteiger partial charge in [0.1, 0.15) is 17.6 Å². The molecule has 0 bridgehead atoms. The Kier molecular flexibility index (Phi) is 3.96. The molecule has 1 heterocycles. The van der Waals surface area contributed by atoms with Gasteiger partial charge in [-0.05, 0) is 24.3 Å². The number of carbonyl (C=O) groups excluding carboxylic acids is 1. The summed E-state index contributed by atoms with van der Waals surface area (Å²) in [6, 6.07) is 14.2. The van der Waals surface area contributed by atoms with Crippen LogP contribution in [0.3, 0.4) is 0 Å². The summed E-state index contributed by atoms with van der Waals surface area (Å²) in [4.78, 5) is 18.0. The third-order valence-electron chi connectivity index (χ3n) is 2.91. The zero-order chi connectivity index (χ0) is 14.5. The maximum absolute atomic E-state index is 12.4. The molecule has 1 N–H and O–H groups in total. The van der Waals surface area contributed by atoms with Crippen LogP contribution >= 0.6 is 0 Å². The molecule has 100 valence electrons. The first kappa shape index (κ1) is 13.6. The van der Waals surface area contributed by atoms with Gasteiger partial charge in [-0.3, -0.25) is 4.79 Å². The number of carbonyl (C=O) groups is 1. The topological polar surface area (TPSA) is 69.0 Å². The van der Waals surface area contributed by atoms with Gasteiger partial charge in [0.15, 0.2) is 0 Å². The highest BCUT2D eigenvalue weighted by atomic mass is 16.2. The quantitative estimate of drug-likeness (QED) is 0.925. The second kappa shape index (κ2) is 5.85. The Hall–Kier alpha value is -2.87. The number of nitriles is 1. The summed E-state index contributed by atoms with van der Waals surface area (Å²) < 4.78 is 0. The molecule has 0 radical (unpaired) electrons. The Bertz CT molecular complexity index is 676. The van der Waals surface area contributed by atoms with Gasteiger partial charge in [0.2, 0.25) is 0 Å². The van der Waals surface area contributed by atoms with Crippen molar-refractivity contribution in [3.8, 4) is 6.07 Å². The van der Waals surface area contributed by atoms with E-state index in [1.54, 1.807) is 56.6 Å². The molecule has 0 atom stereocenters. The van der Waals surface area contributed by atoms with Crippen molar-refractivity contribution in [1.82, 2.24) is 4.98 Å². The van der Waals surface area contributed by atoms with Gasteiger partial charge in [0.25, 0.3) is 5.91 Å². The summed E-state index contributed by atoms with van der Waals surface area (Å²) in [6.07, 6.45) is 0. The molecular formula is C15H14N4O. The fraction of sp³-hybridized carbons (Fsp3) is 0.133. The molecule has 0 fully saturated rings. The van der Waals surface area contributed by atoms with Gasteiger partial charge in [-0.2, -0.15) is 5.26 Å². The van der Waals surface area contributed by atoms with Gasteiger partial charge in [0, 0.05) is 14.1 Å². The predicted octanol–water partition coefficient (Wildman–Crippen LogP) is 2.27. The van der Waals surface area contributed by atoms with E-state index in [0.717, 1.165) is 0 Å². The van der Waals surface area contributed by atoms with Gasteiger partial charge >= 0.3 is 0 Å². The zero-order valence-corrected chi connectivity index (χ0v) is 11.3. The fourth-order valence-electron chi connectivity index (χ4n) is 1.83. The average Bonchev–Trinajstić information content (AvgIpc) is 2.53. The van der Waals surface area contributed by atoms with Crippen LogP contribution in [-0.4, -0.2) is 25.0 Å². The van der Waals surface area contributed by atoms with Crippen molar-refractivity contribution in [3.63, 3.8) is 0 Å². The number of amides is 1. The van der Waals surface area contributed by atoms with E-state index in [1.165, 1.54) is 4.90 Å². The van der Waals surface area contributed by atoms with Crippen molar-refractivity contribution >= 4 is 17.4 Å². The molecule has 20 heavy (non-hydrogen) atoms. The number of para-hydroxylation sites is 1. The first-order valence-electron chi connectivity index (χ1n) is 6.09. The summed E-state index contributed by atoms with van der Waals surface area (Å²) >= 11 is 0. The van der Waals surface area contributed by atoms with E-state index >= 15 is 0 Å². The largest absolute Gasteiger partial charge is 0.373 e. The van der Waals surface area contributed by atoms with Gasteiger partial charge < -0.3 is 10.2 Å². The van der Waals surface area contributed by atoms with Crippen molar-refractivity contribution in [2.45, 2.75) is 0 Å². The molecule has 2 aromatic rings. The Morgan fingerprint density at radius 3 is 2.70 bits per heavy atom. The van der Waals surface area contributed by atoms with Crippen molar-refractivity contribution in [1.29, 1.82) is 5.26 Å². The van der Waals surface area contributed by atoms with Crippen LogP contribution in [0.1, 0.15) is 16.1 Å². The van der Waals surface area contributed by atoms with E-state index < -0.39 is 0 Å². The lowest BCUT2D eigenvalue weighted by Gasteiger charge is -2.18. The molecule has 1 amide bonds. The standard InChI is InChI=1S/C15H14N4O/c1-17-14-9-5-7-12(18-14)15(20)19(2)13-8-4-3-6-11(13)10-16/h3-9H,1-2H3,(H,17,18). The van der Waals surface area contributed by atoms with Crippen LogP contribution in [0.15, 0.2) is 42.5 Å². The first-order chi connectivity index (χ1) is 9.67. The minimum atomic E-state index is -0.259. The van der Waals surface area contributed by atoms with Gasteiger partial charge in [-0.1, -0.05) is 18.2 Å². The van der Waals surface area contributed by atoms with E-state index in [9.17, 15) is 4.79 Å². The zero-order valence-electron chi connectivity index (χ0n) is 11.3. The summed E-state index contributed by atoms with van der Waals surface area (Å²) in [5.74, 6) is 0.364. The van der Waals surface area contributed by atoms with Gasteiger partial charge in [-0.25, -0.2) is 4.98 Å². The third kappa shape index (κ3) is 2.59. The summed E-state index contributed by atoms with van der Waals surface area (Å²) in [7, 11) is 3.37. The highest BCUT2D eigenvalue weighted by Gasteiger charge is 2.17. The van der Waals surface area contributed by atoms with Crippen LogP contribution in [0.4, 0.5) is 11.5 Å². The van der Waals surface area contributed by atoms with Crippen LogP contribution < -0.4 is 10.2 Å². The number of hydrogen-bond donors (Lipinski definition) is 1. The van der Waals surface area contributed by atoms with E-state index in [4.69, 9.17) is 5.26 Å². The number of nitrogens with zero attached hydrogens (tertiary/aromatic N) is 3. The molecule has 1 aromatic heterocycles. The van der Waals surface area contributed by atoms with E-state index in [0.29, 0.717) is 22.8 Å². The average molecular weight is 266 g/mol. The van der Waals surface area contributed by atoms with Crippen molar-refractivity contribution in [3.05, 3.63) is 53.7 Å². The summed E-state index contributed by atoms with van der Waals surface area (Å²) in [5, 5.41) is 12.0. The maximum atomic E-state index is 12.4. The molecule has 0 saturated heterocycles. The van der Waals surface area contributed by atoms with Crippen LogP contribution in [-0.2, 0) is 0 Å². The maximum Gasteiger partial charge on any atom is 0.276 e. The number of rotatable bonds is 3. The third-order valence-corrected chi connectivity index (χ3v) is 2.91. The molecular weight excluding hydrogens is 252 g/mol. The molecule has 0 aliphatic carbocycles. The Labute approximate surface area is 117 Å². The SMILES string of the molecule is CNc1cccc(C(=O)N(C)c2ccccc2C#N)n1. The lowest BCUT2D eigenvalue weighted by molar-refractivity contribution is 0.0988. The van der Waals surface area contributed by atoms with Gasteiger partial charge in [0.05, 0.1) is 11.3 Å². The predicted molar refractivity (Wildman–Crippen MR) is 77.7 cm³/mol. The Morgan fingerprint density at radius 1 is 1.25 bits per heavy atom. The van der Waals surface area contributed by atoms with Gasteiger partial charge in [-0.15, -0.1) is 0 Å². The van der Waals surface area contributed by atoms with E-state index in [-0.39, 0.29) is 5.91 Å². The van der Waals surface area contributed by atoms with Crippen molar-refractivity contribution in [2.24, 2.45) is 0 Å². The highest BCUT2D eigenvalue weighted by molar-refractivity contribution is 6.05. The van der Waals surface area contributed by atoms with Crippen LogP contribution in [0.5, 0.6) is 0 Å². The summed E-state index contributed by atoms with van der Waals surface area (Å²) in [5.41, 5.74) is 1.34. The molecule has 0 saturated carbocycles. The second-order valence-corrected chi connectivity index (χ2v) is 4.15. The van der Waals surface area contributed by atoms with Crippen molar-refractivity contribution in [2.75, 3.05) is 24.3 Å². The first-order valence-corrected chi connectivity index (χ1v) is 6.09. The highest BCUT2D eigenvalue weighted by Crippen LogP contribution is 2.20. The fourth-order valence-corrected chi connectivity index (χ4v) is 1.83. The monoisotopic (exact) mass is 266 g/mol. The molecule has 1 aromatic carbocycles. The lowest BCUT2D eigenvalue weighted by atomic mass is 10.1. The number of hydrogen-bond acceptors (Lipinski definition) is 4. The molecule has 0 spiro atoms. The minimum Gasteiger partial charge on any atom is -0.373 e. The Balaban J connectivity index is 2.35. The molecule has 0 aliphatic heterocycles. The van der Waals surface area contributed by atoms with Crippen molar-refractivity contribution < 1.29 is 4.79 Å². The molecule has 2 rings (SSSR count). The van der Waals surface area contributed by atoms with Crippen LogP contribution in [0.25, 0.3) is 0 Å². The number of pyridine rings is 1. The minimum absolute atomic E-state index is 0.259. The number of aromatic nitrogens is 1. The molecule has 0 unspecified atom stereocenters. The number of nitrogens with one attached hydrogen (secondary N) is 1. The molecule has 0 aliphatic rings.